The quantitative estimate of drug-likeness (QED) is 0.791. The van der Waals surface area contributed by atoms with Crippen molar-refractivity contribution in [2.75, 3.05) is 20.8 Å². The van der Waals surface area contributed by atoms with Gasteiger partial charge in [0.2, 0.25) is 5.89 Å². The summed E-state index contributed by atoms with van der Waals surface area (Å²) in [6.45, 7) is 0.511. The third-order valence-electron chi connectivity index (χ3n) is 4.83. The van der Waals surface area contributed by atoms with E-state index < -0.39 is 6.09 Å². The molecule has 1 aliphatic heterocycles. The van der Waals surface area contributed by atoms with Crippen molar-refractivity contribution in [3.05, 3.63) is 35.5 Å². The standard InChI is InChI=1S/C19H25N3O5/c1-25-15-10-9-13(12-16(15)26-2)6-5-8-17-20-18(27-21-17)14-7-3-4-11-22(14)19(23)24/h9-10,12,14H,3-8,11H2,1-2H3,(H,23,24)/t14-/m0/s1. The molecule has 1 aromatic carbocycles. The van der Waals surface area contributed by atoms with Crippen LogP contribution in [0.3, 0.4) is 0 Å². The second-order valence-electron chi connectivity index (χ2n) is 6.58. The van der Waals surface area contributed by atoms with Crippen LogP contribution in [0.1, 0.15) is 49.0 Å². The number of nitrogens with zero attached hydrogens (tertiary/aromatic N) is 3. The Kier molecular flexibility index (Phi) is 6.16. The van der Waals surface area contributed by atoms with Gasteiger partial charge in [-0.05, 0) is 49.8 Å². The molecule has 8 heteroatoms. The van der Waals surface area contributed by atoms with Crippen molar-refractivity contribution in [3.8, 4) is 11.5 Å². The van der Waals surface area contributed by atoms with Gasteiger partial charge in [-0.15, -0.1) is 0 Å². The van der Waals surface area contributed by atoms with Crippen molar-refractivity contribution >= 4 is 6.09 Å². The molecule has 2 aromatic rings. The summed E-state index contributed by atoms with van der Waals surface area (Å²) in [5.74, 6) is 2.43. The van der Waals surface area contributed by atoms with E-state index in [-0.39, 0.29) is 6.04 Å². The summed E-state index contributed by atoms with van der Waals surface area (Å²) < 4.78 is 15.9. The zero-order chi connectivity index (χ0) is 19.2. The first-order valence-corrected chi connectivity index (χ1v) is 9.15. The fraction of sp³-hybridized carbons (Fsp3) is 0.526. The molecule has 3 rings (SSSR count). The van der Waals surface area contributed by atoms with Crippen LogP contribution in [-0.2, 0) is 12.8 Å². The lowest BCUT2D eigenvalue weighted by atomic mass is 10.0. The van der Waals surface area contributed by atoms with Gasteiger partial charge in [-0.3, -0.25) is 4.90 Å². The highest BCUT2D eigenvalue weighted by atomic mass is 16.5. The van der Waals surface area contributed by atoms with Crippen LogP contribution < -0.4 is 9.47 Å². The van der Waals surface area contributed by atoms with Gasteiger partial charge in [-0.2, -0.15) is 4.98 Å². The molecule has 1 fully saturated rings. The van der Waals surface area contributed by atoms with Gasteiger partial charge in [0.15, 0.2) is 17.3 Å². The Balaban J connectivity index is 1.57. The second kappa shape index (κ2) is 8.75. The Labute approximate surface area is 158 Å². The number of ether oxygens (including phenoxy) is 2. The molecule has 146 valence electrons. The highest BCUT2D eigenvalue weighted by Crippen LogP contribution is 2.30. The monoisotopic (exact) mass is 375 g/mol. The molecule has 0 bridgehead atoms. The molecule has 1 aliphatic rings. The van der Waals surface area contributed by atoms with Crippen LogP contribution in [0, 0.1) is 0 Å². The van der Waals surface area contributed by atoms with E-state index in [4.69, 9.17) is 14.0 Å². The molecule has 1 aromatic heterocycles. The van der Waals surface area contributed by atoms with E-state index in [0.29, 0.717) is 36.2 Å². The molecular formula is C19H25N3O5. The summed E-state index contributed by atoms with van der Waals surface area (Å²) in [5.41, 5.74) is 1.14. The molecule has 0 spiro atoms. The smallest absolute Gasteiger partial charge is 0.407 e. The average molecular weight is 375 g/mol. The zero-order valence-corrected chi connectivity index (χ0v) is 15.7. The number of piperidine rings is 1. The fourth-order valence-electron chi connectivity index (χ4n) is 3.41. The van der Waals surface area contributed by atoms with Crippen molar-refractivity contribution in [1.82, 2.24) is 15.0 Å². The van der Waals surface area contributed by atoms with Crippen molar-refractivity contribution in [1.29, 1.82) is 0 Å². The van der Waals surface area contributed by atoms with Crippen molar-refractivity contribution in [2.24, 2.45) is 0 Å². The van der Waals surface area contributed by atoms with E-state index in [0.717, 1.165) is 37.7 Å². The Bertz CT molecular complexity index is 776. The molecule has 1 amide bonds. The molecule has 8 nitrogen and oxygen atoms in total. The van der Waals surface area contributed by atoms with Gasteiger partial charge in [0.25, 0.3) is 0 Å². The first-order chi connectivity index (χ1) is 13.1. The summed E-state index contributed by atoms with van der Waals surface area (Å²) in [6.07, 6.45) is 3.97. The SMILES string of the molecule is COc1ccc(CCCc2noc([C@@H]3CCCCN3C(=O)O)n2)cc1OC. The number of amides is 1. The average Bonchev–Trinajstić information content (AvgIpc) is 3.16. The normalized spacial score (nSPS) is 17.0. The maximum atomic E-state index is 11.4. The Morgan fingerprint density at radius 2 is 2.07 bits per heavy atom. The van der Waals surface area contributed by atoms with E-state index >= 15 is 0 Å². The van der Waals surface area contributed by atoms with E-state index in [1.807, 2.05) is 18.2 Å². The number of hydrogen-bond donors (Lipinski definition) is 1. The molecule has 0 radical (unpaired) electrons. The summed E-state index contributed by atoms with van der Waals surface area (Å²) >= 11 is 0. The van der Waals surface area contributed by atoms with Crippen molar-refractivity contribution < 1.29 is 23.9 Å². The van der Waals surface area contributed by atoms with Gasteiger partial charge in [-0.1, -0.05) is 11.2 Å². The number of hydrogen-bond acceptors (Lipinski definition) is 6. The lowest BCUT2D eigenvalue weighted by Crippen LogP contribution is -2.37. The Morgan fingerprint density at radius 3 is 2.81 bits per heavy atom. The lowest BCUT2D eigenvalue weighted by Gasteiger charge is -2.30. The van der Waals surface area contributed by atoms with Crippen LogP contribution in [0.15, 0.2) is 22.7 Å². The molecule has 1 saturated heterocycles. The van der Waals surface area contributed by atoms with Gasteiger partial charge in [0, 0.05) is 13.0 Å². The summed E-state index contributed by atoms with van der Waals surface area (Å²) in [4.78, 5) is 17.2. The van der Waals surface area contributed by atoms with Gasteiger partial charge in [0.1, 0.15) is 6.04 Å². The van der Waals surface area contributed by atoms with Crippen LogP contribution in [0.25, 0.3) is 0 Å². The molecule has 0 saturated carbocycles. The highest BCUT2D eigenvalue weighted by Gasteiger charge is 2.31. The van der Waals surface area contributed by atoms with Crippen LogP contribution in [-0.4, -0.2) is 47.0 Å². The van der Waals surface area contributed by atoms with E-state index in [2.05, 4.69) is 10.1 Å². The minimum atomic E-state index is -0.937. The highest BCUT2D eigenvalue weighted by molar-refractivity contribution is 5.65. The predicted molar refractivity (Wildman–Crippen MR) is 97.2 cm³/mol. The second-order valence-corrected chi connectivity index (χ2v) is 6.58. The molecule has 1 N–H and O–H groups in total. The number of carboxylic acid groups (broad SMARTS) is 1. The van der Waals surface area contributed by atoms with Crippen LogP contribution in [0.2, 0.25) is 0 Å². The first-order valence-electron chi connectivity index (χ1n) is 9.15. The number of carbonyl (C=O) groups is 1. The van der Waals surface area contributed by atoms with E-state index in [1.165, 1.54) is 4.90 Å². The number of likely N-dealkylation sites (tertiary alicyclic amines) is 1. The molecular weight excluding hydrogens is 350 g/mol. The third-order valence-corrected chi connectivity index (χ3v) is 4.83. The van der Waals surface area contributed by atoms with Gasteiger partial charge in [0.05, 0.1) is 14.2 Å². The largest absolute Gasteiger partial charge is 0.493 e. The minimum Gasteiger partial charge on any atom is -0.493 e. The fourth-order valence-corrected chi connectivity index (χ4v) is 3.41. The molecule has 2 heterocycles. The molecule has 27 heavy (non-hydrogen) atoms. The summed E-state index contributed by atoms with van der Waals surface area (Å²) in [7, 11) is 3.23. The minimum absolute atomic E-state index is 0.330. The zero-order valence-electron chi connectivity index (χ0n) is 15.7. The predicted octanol–water partition coefficient (Wildman–Crippen LogP) is 3.47. The van der Waals surface area contributed by atoms with E-state index in [9.17, 15) is 9.90 Å². The Hall–Kier alpha value is -2.77. The third kappa shape index (κ3) is 4.50. The molecule has 0 aliphatic carbocycles. The van der Waals surface area contributed by atoms with Gasteiger partial charge < -0.3 is 19.1 Å². The summed E-state index contributed by atoms with van der Waals surface area (Å²) in [6, 6.07) is 5.54. The van der Waals surface area contributed by atoms with Crippen LogP contribution in [0.4, 0.5) is 4.79 Å². The number of aryl methyl sites for hydroxylation is 2. The number of methoxy groups -OCH3 is 2. The maximum absolute atomic E-state index is 11.4. The Morgan fingerprint density at radius 1 is 1.26 bits per heavy atom. The number of aromatic nitrogens is 2. The van der Waals surface area contributed by atoms with E-state index in [1.54, 1.807) is 14.2 Å². The van der Waals surface area contributed by atoms with Crippen molar-refractivity contribution in [3.63, 3.8) is 0 Å². The van der Waals surface area contributed by atoms with Gasteiger partial charge in [-0.25, -0.2) is 4.79 Å². The lowest BCUT2D eigenvalue weighted by molar-refractivity contribution is 0.0932. The number of rotatable bonds is 7. The summed E-state index contributed by atoms with van der Waals surface area (Å²) in [5, 5.41) is 13.4. The molecule has 0 unspecified atom stereocenters. The topological polar surface area (TPSA) is 97.9 Å². The number of benzene rings is 1. The van der Waals surface area contributed by atoms with Crippen LogP contribution >= 0.6 is 0 Å². The maximum Gasteiger partial charge on any atom is 0.407 e. The van der Waals surface area contributed by atoms with Crippen molar-refractivity contribution in [2.45, 2.75) is 44.6 Å². The first kappa shape index (κ1) is 19.0. The van der Waals surface area contributed by atoms with Crippen LogP contribution in [0.5, 0.6) is 11.5 Å². The molecule has 1 atom stereocenters. The van der Waals surface area contributed by atoms with Gasteiger partial charge >= 0.3 is 6.09 Å².